The fourth-order valence-corrected chi connectivity index (χ4v) is 5.24. The lowest BCUT2D eigenvalue weighted by molar-refractivity contribution is -0.112. The average Bonchev–Trinajstić information content (AvgIpc) is 3.00. The van der Waals surface area contributed by atoms with Gasteiger partial charge in [0.2, 0.25) is 0 Å². The fraction of sp³-hybridized carbons (Fsp3) is 0.486. The summed E-state index contributed by atoms with van der Waals surface area (Å²) in [6.07, 6.45) is 1.81. The van der Waals surface area contributed by atoms with Crippen molar-refractivity contribution in [2.45, 2.75) is 65.2 Å². The number of ketones is 1. The minimum atomic E-state index is -0.703. The van der Waals surface area contributed by atoms with Gasteiger partial charge in [0.15, 0.2) is 0 Å². The molecule has 1 amide bonds. The molecule has 1 fully saturated rings. The first-order chi connectivity index (χ1) is 20.0. The second kappa shape index (κ2) is 13.3. The number of fused-ring (bicyclic) bond motifs is 1. The molecule has 1 saturated heterocycles. The van der Waals surface area contributed by atoms with Crippen LogP contribution in [0.15, 0.2) is 48.5 Å². The van der Waals surface area contributed by atoms with Gasteiger partial charge in [0.25, 0.3) is 11.7 Å². The molecular weight excluding hydrogens is 528 g/mol. The predicted molar refractivity (Wildman–Crippen MR) is 169 cm³/mol. The molecule has 0 unspecified atom stereocenters. The highest BCUT2D eigenvalue weighted by Crippen LogP contribution is 2.43. The second-order valence-electron chi connectivity index (χ2n) is 12.3. The monoisotopic (exact) mass is 574 g/mol. The second-order valence-corrected chi connectivity index (χ2v) is 12.3. The van der Waals surface area contributed by atoms with Crippen molar-refractivity contribution in [3.05, 3.63) is 65.2 Å². The molecule has 0 aromatic heterocycles. The Balaban J connectivity index is 1.63. The standard InChI is InChI=1S/C35H46N2O5/c1-8-34(3,4)24-22-28(35(5,6)9-2)32(40-7)29(23-24)36-33(39)31(38)27-14-15-30(26-13-11-10-12-25(26)27)42-21-18-37-16-19-41-20-17-37/h10-15,22-23H,8-9,16-21H2,1-7H3,(H,36,39). The molecule has 4 rings (SSSR count). The summed E-state index contributed by atoms with van der Waals surface area (Å²) >= 11 is 0. The van der Waals surface area contributed by atoms with E-state index < -0.39 is 11.7 Å². The predicted octanol–water partition coefficient (Wildman–Crippen LogP) is 6.76. The van der Waals surface area contributed by atoms with E-state index in [9.17, 15) is 9.59 Å². The van der Waals surface area contributed by atoms with Crippen LogP contribution in [0.2, 0.25) is 0 Å². The molecular formula is C35H46N2O5. The minimum Gasteiger partial charge on any atom is -0.494 e. The topological polar surface area (TPSA) is 77.1 Å². The Kier molecular flexibility index (Phi) is 9.95. The van der Waals surface area contributed by atoms with Crippen molar-refractivity contribution >= 4 is 28.2 Å². The molecule has 0 radical (unpaired) electrons. The molecule has 42 heavy (non-hydrogen) atoms. The summed E-state index contributed by atoms with van der Waals surface area (Å²) in [5.41, 5.74) is 2.64. The maximum Gasteiger partial charge on any atom is 0.296 e. The van der Waals surface area contributed by atoms with Gasteiger partial charge in [-0.25, -0.2) is 0 Å². The first-order valence-corrected chi connectivity index (χ1v) is 15.1. The minimum absolute atomic E-state index is 0.123. The number of benzene rings is 3. The molecule has 0 aliphatic carbocycles. The summed E-state index contributed by atoms with van der Waals surface area (Å²) in [6.45, 7) is 17.6. The molecule has 1 N–H and O–H groups in total. The van der Waals surface area contributed by atoms with Crippen molar-refractivity contribution in [3.63, 3.8) is 0 Å². The number of amides is 1. The SMILES string of the molecule is CCC(C)(C)c1cc(NC(=O)C(=O)c2ccc(OCCN3CCOCC3)c3ccccc23)c(OC)c(C(C)(C)CC)c1. The summed E-state index contributed by atoms with van der Waals surface area (Å²) in [4.78, 5) is 29.5. The van der Waals surface area contributed by atoms with Crippen LogP contribution in [0, 0.1) is 0 Å². The Morgan fingerprint density at radius 3 is 2.24 bits per heavy atom. The smallest absolute Gasteiger partial charge is 0.296 e. The number of hydrogen-bond donors (Lipinski definition) is 1. The van der Waals surface area contributed by atoms with Gasteiger partial charge >= 0.3 is 0 Å². The van der Waals surface area contributed by atoms with Crippen molar-refractivity contribution in [2.24, 2.45) is 0 Å². The Morgan fingerprint density at radius 2 is 1.60 bits per heavy atom. The van der Waals surface area contributed by atoms with Crippen LogP contribution in [0.5, 0.6) is 11.5 Å². The molecule has 3 aromatic rings. The maximum atomic E-state index is 13.7. The van der Waals surface area contributed by atoms with Gasteiger partial charge in [-0.2, -0.15) is 0 Å². The van der Waals surface area contributed by atoms with E-state index in [1.807, 2.05) is 30.3 Å². The molecule has 7 heteroatoms. The molecule has 1 heterocycles. The molecule has 0 saturated carbocycles. The lowest BCUT2D eigenvalue weighted by Gasteiger charge is -2.31. The van der Waals surface area contributed by atoms with Gasteiger partial charge in [-0.05, 0) is 52.8 Å². The van der Waals surface area contributed by atoms with Crippen LogP contribution in [0.25, 0.3) is 10.8 Å². The van der Waals surface area contributed by atoms with Crippen LogP contribution in [-0.2, 0) is 20.4 Å². The molecule has 0 spiro atoms. The van der Waals surface area contributed by atoms with E-state index >= 15 is 0 Å². The van der Waals surface area contributed by atoms with Gasteiger partial charge < -0.3 is 19.5 Å². The van der Waals surface area contributed by atoms with Crippen molar-refractivity contribution in [1.29, 1.82) is 0 Å². The molecule has 226 valence electrons. The van der Waals surface area contributed by atoms with Gasteiger partial charge in [0.05, 0.1) is 26.0 Å². The molecule has 3 aromatic carbocycles. The van der Waals surface area contributed by atoms with E-state index in [0.29, 0.717) is 34.7 Å². The van der Waals surface area contributed by atoms with Gasteiger partial charge in [0.1, 0.15) is 18.1 Å². The van der Waals surface area contributed by atoms with E-state index in [4.69, 9.17) is 14.2 Å². The van der Waals surface area contributed by atoms with Crippen molar-refractivity contribution in [3.8, 4) is 11.5 Å². The van der Waals surface area contributed by atoms with E-state index in [1.54, 1.807) is 19.2 Å². The number of ether oxygens (including phenoxy) is 3. The summed E-state index contributed by atoms with van der Waals surface area (Å²) in [7, 11) is 1.61. The number of methoxy groups -OCH3 is 1. The number of nitrogens with zero attached hydrogens (tertiary/aromatic N) is 1. The van der Waals surface area contributed by atoms with Crippen LogP contribution in [0.1, 0.15) is 75.9 Å². The van der Waals surface area contributed by atoms with Crippen LogP contribution >= 0.6 is 0 Å². The number of carbonyl (C=O) groups excluding carboxylic acids is 2. The first kappa shape index (κ1) is 31.5. The summed E-state index contributed by atoms with van der Waals surface area (Å²) in [5.74, 6) is -0.0262. The fourth-order valence-electron chi connectivity index (χ4n) is 5.24. The number of carbonyl (C=O) groups is 2. The summed E-state index contributed by atoms with van der Waals surface area (Å²) in [5, 5.41) is 4.41. The van der Waals surface area contributed by atoms with Crippen molar-refractivity contribution in [2.75, 3.05) is 51.9 Å². The maximum absolute atomic E-state index is 13.7. The molecule has 0 atom stereocenters. The van der Waals surface area contributed by atoms with E-state index in [-0.39, 0.29) is 10.8 Å². The molecule has 1 aliphatic rings. The Morgan fingerprint density at radius 1 is 0.929 bits per heavy atom. The third-order valence-corrected chi connectivity index (χ3v) is 8.92. The van der Waals surface area contributed by atoms with Crippen LogP contribution in [-0.4, -0.2) is 63.2 Å². The number of anilines is 1. The highest BCUT2D eigenvalue weighted by molar-refractivity contribution is 6.48. The zero-order valence-corrected chi connectivity index (χ0v) is 26.3. The van der Waals surface area contributed by atoms with Crippen LogP contribution in [0.3, 0.4) is 0 Å². The molecule has 1 aliphatic heterocycles. The third-order valence-electron chi connectivity index (χ3n) is 8.92. The van der Waals surface area contributed by atoms with Gasteiger partial charge in [-0.15, -0.1) is 0 Å². The van der Waals surface area contributed by atoms with Gasteiger partial charge in [-0.1, -0.05) is 71.9 Å². The Labute approximate surface area is 250 Å². The summed E-state index contributed by atoms with van der Waals surface area (Å²) in [6, 6.07) is 15.2. The number of Topliss-reactive ketones (excluding diaryl/α,β-unsaturated/α-hetero) is 1. The third kappa shape index (κ3) is 6.79. The highest BCUT2D eigenvalue weighted by atomic mass is 16.5. The van der Waals surface area contributed by atoms with E-state index in [2.05, 4.69) is 57.8 Å². The number of hydrogen-bond acceptors (Lipinski definition) is 6. The zero-order valence-electron chi connectivity index (χ0n) is 26.3. The Bertz CT molecular complexity index is 1420. The number of nitrogens with one attached hydrogen (secondary N) is 1. The normalized spacial score (nSPS) is 14.5. The lowest BCUT2D eigenvalue weighted by atomic mass is 9.76. The molecule has 0 bridgehead atoms. The zero-order chi connectivity index (χ0) is 30.5. The number of rotatable bonds is 12. The average molecular weight is 575 g/mol. The lowest BCUT2D eigenvalue weighted by Crippen LogP contribution is -2.38. The van der Waals surface area contributed by atoms with E-state index in [1.165, 1.54) is 0 Å². The highest BCUT2D eigenvalue weighted by Gasteiger charge is 2.30. The van der Waals surface area contributed by atoms with Crippen LogP contribution in [0.4, 0.5) is 5.69 Å². The largest absolute Gasteiger partial charge is 0.494 e. The summed E-state index contributed by atoms with van der Waals surface area (Å²) < 4.78 is 17.4. The number of morpholine rings is 1. The molecule has 7 nitrogen and oxygen atoms in total. The van der Waals surface area contributed by atoms with E-state index in [0.717, 1.165) is 62.2 Å². The first-order valence-electron chi connectivity index (χ1n) is 15.1. The van der Waals surface area contributed by atoms with Crippen molar-refractivity contribution < 1.29 is 23.8 Å². The Hall–Kier alpha value is -3.42. The van der Waals surface area contributed by atoms with Gasteiger partial charge in [0, 0.05) is 36.1 Å². The van der Waals surface area contributed by atoms with Crippen molar-refractivity contribution in [1.82, 2.24) is 4.90 Å². The quantitative estimate of drug-likeness (QED) is 0.190. The van der Waals surface area contributed by atoms with Gasteiger partial charge in [-0.3, -0.25) is 14.5 Å². The van der Waals surface area contributed by atoms with Crippen LogP contribution < -0.4 is 14.8 Å².